The first-order valence-corrected chi connectivity index (χ1v) is 9.50. The summed E-state index contributed by atoms with van der Waals surface area (Å²) < 4.78 is 59.7. The van der Waals surface area contributed by atoms with Crippen LogP contribution in [0.1, 0.15) is 24.8 Å². The molecule has 0 radical (unpaired) electrons. The standard InChI is InChI=1S/C17H15F2N3O3S/c18-11-3-1-5-15(16(11)19)26(23,24)22-10-6-7-12-13(9-10)21-17(20-12)14-4-2-8-25-14/h1,3,5-7,9,14,22H,2,4,8H2,(H,20,21). The van der Waals surface area contributed by atoms with E-state index in [1.807, 2.05) is 0 Å². The molecule has 4 rings (SSSR count). The average molecular weight is 379 g/mol. The highest BCUT2D eigenvalue weighted by Crippen LogP contribution is 2.29. The Morgan fingerprint density at radius 3 is 2.85 bits per heavy atom. The Labute approximate surface area is 148 Å². The van der Waals surface area contributed by atoms with Crippen LogP contribution in [0.3, 0.4) is 0 Å². The number of nitrogens with zero attached hydrogens (tertiary/aromatic N) is 1. The van der Waals surface area contributed by atoms with Gasteiger partial charge in [-0.1, -0.05) is 6.07 Å². The van der Waals surface area contributed by atoms with Crippen molar-refractivity contribution >= 4 is 26.7 Å². The second-order valence-electron chi connectivity index (χ2n) is 6.01. The SMILES string of the molecule is O=S(=O)(Nc1ccc2nc(C3CCCO3)[nH]c2c1)c1cccc(F)c1F. The number of nitrogens with one attached hydrogen (secondary N) is 2. The monoisotopic (exact) mass is 379 g/mol. The van der Waals surface area contributed by atoms with Crippen LogP contribution in [-0.4, -0.2) is 25.0 Å². The van der Waals surface area contributed by atoms with Crippen LogP contribution in [-0.2, 0) is 14.8 Å². The molecule has 1 unspecified atom stereocenters. The van der Waals surface area contributed by atoms with Gasteiger partial charge in [0, 0.05) is 6.61 Å². The molecule has 1 fully saturated rings. The number of sulfonamides is 1. The van der Waals surface area contributed by atoms with Crippen LogP contribution in [0.5, 0.6) is 0 Å². The van der Waals surface area contributed by atoms with E-state index in [1.165, 1.54) is 6.07 Å². The van der Waals surface area contributed by atoms with E-state index >= 15 is 0 Å². The molecule has 1 aliphatic heterocycles. The molecule has 2 N–H and O–H groups in total. The van der Waals surface area contributed by atoms with Crippen molar-refractivity contribution in [3.8, 4) is 0 Å². The van der Waals surface area contributed by atoms with Gasteiger partial charge in [-0.3, -0.25) is 4.72 Å². The van der Waals surface area contributed by atoms with Crippen LogP contribution in [0.4, 0.5) is 14.5 Å². The fraction of sp³-hybridized carbons (Fsp3) is 0.235. The van der Waals surface area contributed by atoms with Crippen LogP contribution in [0, 0.1) is 11.6 Å². The molecule has 0 amide bonds. The van der Waals surface area contributed by atoms with E-state index in [1.54, 1.807) is 12.1 Å². The van der Waals surface area contributed by atoms with Crippen LogP contribution < -0.4 is 4.72 Å². The van der Waals surface area contributed by atoms with Gasteiger partial charge in [-0.15, -0.1) is 0 Å². The van der Waals surface area contributed by atoms with E-state index in [2.05, 4.69) is 14.7 Å². The van der Waals surface area contributed by atoms with Gasteiger partial charge in [-0.05, 0) is 43.2 Å². The molecule has 6 nitrogen and oxygen atoms in total. The average Bonchev–Trinajstić information content (AvgIpc) is 3.25. The number of H-pyrrole nitrogens is 1. The summed E-state index contributed by atoms with van der Waals surface area (Å²) in [6, 6.07) is 7.71. The van der Waals surface area contributed by atoms with Crippen molar-refractivity contribution < 1.29 is 21.9 Å². The lowest BCUT2D eigenvalue weighted by molar-refractivity contribution is 0.106. The minimum Gasteiger partial charge on any atom is -0.370 e. The van der Waals surface area contributed by atoms with Gasteiger partial charge in [-0.2, -0.15) is 0 Å². The van der Waals surface area contributed by atoms with Crippen molar-refractivity contribution in [1.82, 2.24) is 9.97 Å². The molecule has 9 heteroatoms. The molecule has 2 heterocycles. The molecule has 1 saturated heterocycles. The van der Waals surface area contributed by atoms with Gasteiger partial charge in [0.05, 0.1) is 16.7 Å². The summed E-state index contributed by atoms with van der Waals surface area (Å²) >= 11 is 0. The zero-order chi connectivity index (χ0) is 18.3. The number of ether oxygens (including phenoxy) is 1. The number of aromatic amines is 1. The number of fused-ring (bicyclic) bond motifs is 1. The Kier molecular flexibility index (Phi) is 4.12. The summed E-state index contributed by atoms with van der Waals surface area (Å²) in [5.74, 6) is -1.95. The Morgan fingerprint density at radius 2 is 2.08 bits per heavy atom. The molecule has 1 aliphatic rings. The predicted molar refractivity (Wildman–Crippen MR) is 91.2 cm³/mol. The van der Waals surface area contributed by atoms with E-state index in [0.717, 1.165) is 31.0 Å². The Bertz CT molecular complexity index is 1080. The van der Waals surface area contributed by atoms with E-state index in [0.29, 0.717) is 23.5 Å². The largest absolute Gasteiger partial charge is 0.370 e. The number of rotatable bonds is 4. The van der Waals surface area contributed by atoms with Gasteiger partial charge >= 0.3 is 0 Å². The Hall–Kier alpha value is -2.52. The van der Waals surface area contributed by atoms with Gasteiger partial charge in [0.1, 0.15) is 16.8 Å². The molecule has 0 saturated carbocycles. The normalized spacial score (nSPS) is 17.7. The summed E-state index contributed by atoms with van der Waals surface area (Å²) in [5, 5.41) is 0. The van der Waals surface area contributed by atoms with E-state index in [-0.39, 0.29) is 11.8 Å². The third kappa shape index (κ3) is 3.04. The summed E-state index contributed by atoms with van der Waals surface area (Å²) in [5.41, 5.74) is 1.49. The lowest BCUT2D eigenvalue weighted by atomic mass is 10.2. The summed E-state index contributed by atoms with van der Waals surface area (Å²) in [6.07, 6.45) is 1.74. The molecule has 26 heavy (non-hydrogen) atoms. The van der Waals surface area contributed by atoms with E-state index < -0.39 is 26.6 Å². The maximum absolute atomic E-state index is 13.8. The second-order valence-corrected chi connectivity index (χ2v) is 7.66. The summed E-state index contributed by atoms with van der Waals surface area (Å²) in [6.45, 7) is 0.686. The van der Waals surface area contributed by atoms with Gasteiger partial charge in [-0.25, -0.2) is 22.2 Å². The third-order valence-electron chi connectivity index (χ3n) is 4.19. The molecule has 0 bridgehead atoms. The van der Waals surface area contributed by atoms with Crippen LogP contribution in [0.15, 0.2) is 41.3 Å². The highest BCUT2D eigenvalue weighted by Gasteiger charge is 2.23. The van der Waals surface area contributed by atoms with Crippen molar-refractivity contribution in [2.24, 2.45) is 0 Å². The highest BCUT2D eigenvalue weighted by atomic mass is 32.2. The lowest BCUT2D eigenvalue weighted by Crippen LogP contribution is -2.15. The zero-order valence-electron chi connectivity index (χ0n) is 13.5. The van der Waals surface area contributed by atoms with Crippen LogP contribution >= 0.6 is 0 Å². The molecule has 2 aromatic carbocycles. The van der Waals surface area contributed by atoms with Crippen molar-refractivity contribution in [2.45, 2.75) is 23.8 Å². The smallest absolute Gasteiger partial charge is 0.264 e. The molecule has 0 spiro atoms. The van der Waals surface area contributed by atoms with Crippen LogP contribution in [0.2, 0.25) is 0 Å². The molecule has 136 valence electrons. The quantitative estimate of drug-likeness (QED) is 0.727. The molecule has 1 aromatic heterocycles. The number of imidazole rings is 1. The number of hydrogen-bond acceptors (Lipinski definition) is 4. The minimum absolute atomic E-state index is 0.0936. The van der Waals surface area contributed by atoms with Crippen molar-refractivity contribution in [3.05, 3.63) is 53.9 Å². The number of halogens is 2. The first kappa shape index (κ1) is 16.9. The number of aromatic nitrogens is 2. The Balaban J connectivity index is 1.65. The molecular weight excluding hydrogens is 364 g/mol. The van der Waals surface area contributed by atoms with Gasteiger partial charge in [0.2, 0.25) is 0 Å². The number of benzene rings is 2. The summed E-state index contributed by atoms with van der Waals surface area (Å²) in [7, 11) is -4.27. The van der Waals surface area contributed by atoms with E-state index in [4.69, 9.17) is 4.74 Å². The maximum atomic E-state index is 13.8. The van der Waals surface area contributed by atoms with Crippen LogP contribution in [0.25, 0.3) is 11.0 Å². The van der Waals surface area contributed by atoms with Gasteiger partial charge in [0.15, 0.2) is 11.6 Å². The fourth-order valence-corrected chi connectivity index (χ4v) is 4.08. The third-order valence-corrected chi connectivity index (χ3v) is 5.59. The van der Waals surface area contributed by atoms with Crippen molar-refractivity contribution in [2.75, 3.05) is 11.3 Å². The Morgan fingerprint density at radius 1 is 1.23 bits per heavy atom. The first-order valence-electron chi connectivity index (χ1n) is 8.02. The first-order chi connectivity index (χ1) is 12.4. The highest BCUT2D eigenvalue weighted by molar-refractivity contribution is 7.92. The minimum atomic E-state index is -4.27. The fourth-order valence-electron chi connectivity index (χ4n) is 2.94. The summed E-state index contributed by atoms with van der Waals surface area (Å²) in [4.78, 5) is 6.82. The van der Waals surface area contributed by atoms with E-state index in [9.17, 15) is 17.2 Å². The number of hydrogen-bond donors (Lipinski definition) is 2. The zero-order valence-corrected chi connectivity index (χ0v) is 14.3. The van der Waals surface area contributed by atoms with Crippen molar-refractivity contribution in [3.63, 3.8) is 0 Å². The van der Waals surface area contributed by atoms with Gasteiger partial charge < -0.3 is 9.72 Å². The van der Waals surface area contributed by atoms with Crippen molar-refractivity contribution in [1.29, 1.82) is 0 Å². The maximum Gasteiger partial charge on any atom is 0.264 e. The van der Waals surface area contributed by atoms with Gasteiger partial charge in [0.25, 0.3) is 10.0 Å². The predicted octanol–water partition coefficient (Wildman–Crippen LogP) is 3.49. The topological polar surface area (TPSA) is 84.1 Å². The number of anilines is 1. The molecule has 3 aromatic rings. The lowest BCUT2D eigenvalue weighted by Gasteiger charge is -2.09. The molecular formula is C17H15F2N3O3S. The molecule has 1 atom stereocenters. The molecule has 0 aliphatic carbocycles. The second kappa shape index (κ2) is 6.33.